The van der Waals surface area contributed by atoms with Crippen molar-refractivity contribution in [2.75, 3.05) is 25.6 Å². The summed E-state index contributed by atoms with van der Waals surface area (Å²) in [5.41, 5.74) is -1.22. The van der Waals surface area contributed by atoms with Crippen molar-refractivity contribution in [3.05, 3.63) is 53.1 Å². The number of nitriles is 1. The van der Waals surface area contributed by atoms with E-state index in [9.17, 15) is 22.0 Å². The molecule has 3 rings (SSSR count). The van der Waals surface area contributed by atoms with E-state index in [0.29, 0.717) is 25.2 Å². The van der Waals surface area contributed by atoms with Gasteiger partial charge >= 0.3 is 0 Å². The third-order valence-corrected chi connectivity index (χ3v) is 5.92. The highest BCUT2D eigenvalue weighted by Crippen LogP contribution is 2.26. The van der Waals surface area contributed by atoms with Crippen LogP contribution in [0.25, 0.3) is 0 Å². The van der Waals surface area contributed by atoms with Crippen molar-refractivity contribution in [3.8, 4) is 11.8 Å². The van der Waals surface area contributed by atoms with Crippen LogP contribution in [0.4, 0.5) is 14.5 Å². The maximum absolute atomic E-state index is 14.1. The maximum atomic E-state index is 14.1. The van der Waals surface area contributed by atoms with E-state index in [4.69, 9.17) is 14.7 Å². The molecule has 1 aliphatic rings. The summed E-state index contributed by atoms with van der Waals surface area (Å²) < 4.78 is 65.8. The molecule has 1 saturated heterocycles. The Labute approximate surface area is 171 Å². The van der Waals surface area contributed by atoms with Crippen molar-refractivity contribution in [2.24, 2.45) is 0 Å². The Morgan fingerprint density at radius 3 is 2.67 bits per heavy atom. The average molecular weight is 437 g/mol. The highest BCUT2D eigenvalue weighted by molar-refractivity contribution is 7.89. The summed E-state index contributed by atoms with van der Waals surface area (Å²) in [6.07, 6.45) is 0.520. The molecule has 158 valence electrons. The number of halogens is 2. The largest absolute Gasteiger partial charge is 0.496 e. The molecular formula is C19H17F2N3O5S. The minimum atomic E-state index is -3.96. The fourth-order valence-corrected chi connectivity index (χ4v) is 4.15. The Bertz CT molecular complexity index is 1130. The molecule has 1 aliphatic heterocycles. The van der Waals surface area contributed by atoms with Gasteiger partial charge in [-0.05, 0) is 30.7 Å². The van der Waals surface area contributed by atoms with E-state index in [1.54, 1.807) is 0 Å². The summed E-state index contributed by atoms with van der Waals surface area (Å²) in [4.78, 5) is 12.5. The highest BCUT2D eigenvalue weighted by Gasteiger charge is 2.25. The van der Waals surface area contributed by atoms with Crippen LogP contribution in [-0.2, 0) is 14.8 Å². The van der Waals surface area contributed by atoms with Gasteiger partial charge in [0, 0.05) is 18.7 Å². The summed E-state index contributed by atoms with van der Waals surface area (Å²) in [6.45, 7) is 0.683. The zero-order valence-electron chi connectivity index (χ0n) is 15.7. The third kappa shape index (κ3) is 4.56. The van der Waals surface area contributed by atoms with Gasteiger partial charge in [-0.15, -0.1) is 0 Å². The Kier molecular flexibility index (Phi) is 6.31. The molecule has 1 fully saturated rings. The molecule has 0 saturated carbocycles. The van der Waals surface area contributed by atoms with Gasteiger partial charge in [0.1, 0.15) is 23.5 Å². The van der Waals surface area contributed by atoms with Crippen LogP contribution in [0.3, 0.4) is 0 Å². The number of sulfonamides is 1. The number of amides is 1. The van der Waals surface area contributed by atoms with Crippen molar-refractivity contribution in [1.82, 2.24) is 4.72 Å². The van der Waals surface area contributed by atoms with Crippen molar-refractivity contribution < 1.29 is 31.5 Å². The van der Waals surface area contributed by atoms with Crippen LogP contribution in [0.5, 0.6) is 5.75 Å². The number of hydrogen-bond donors (Lipinski definition) is 2. The average Bonchev–Trinajstić information content (AvgIpc) is 3.22. The summed E-state index contributed by atoms with van der Waals surface area (Å²) in [5, 5.41) is 10.9. The maximum Gasteiger partial charge on any atom is 0.259 e. The molecule has 1 amide bonds. The van der Waals surface area contributed by atoms with E-state index < -0.39 is 38.8 Å². The van der Waals surface area contributed by atoms with Gasteiger partial charge in [-0.2, -0.15) is 5.26 Å². The molecule has 0 aliphatic carbocycles. The quantitative estimate of drug-likeness (QED) is 0.715. The number of nitrogens with zero attached hydrogens (tertiary/aromatic N) is 1. The number of methoxy groups -OCH3 is 1. The highest BCUT2D eigenvalue weighted by atomic mass is 32.2. The monoisotopic (exact) mass is 437 g/mol. The first-order valence-electron chi connectivity index (χ1n) is 8.73. The zero-order valence-corrected chi connectivity index (χ0v) is 16.6. The van der Waals surface area contributed by atoms with Gasteiger partial charge in [-0.1, -0.05) is 0 Å². The molecule has 0 unspecified atom stereocenters. The van der Waals surface area contributed by atoms with Crippen LogP contribution >= 0.6 is 0 Å². The fourth-order valence-electron chi connectivity index (χ4n) is 2.86. The third-order valence-electron chi connectivity index (χ3n) is 4.40. The molecule has 8 nitrogen and oxygen atoms in total. The molecule has 0 spiro atoms. The number of rotatable bonds is 6. The lowest BCUT2D eigenvalue weighted by molar-refractivity contribution is 0.102. The lowest BCUT2D eigenvalue weighted by atomic mass is 10.1. The Morgan fingerprint density at radius 2 is 2.03 bits per heavy atom. The topological polar surface area (TPSA) is 118 Å². The predicted octanol–water partition coefficient (Wildman–Crippen LogP) is 2.16. The van der Waals surface area contributed by atoms with Gasteiger partial charge in [-0.3, -0.25) is 4.79 Å². The molecule has 0 aromatic heterocycles. The fraction of sp³-hybridized carbons (Fsp3) is 0.263. The van der Waals surface area contributed by atoms with E-state index in [1.165, 1.54) is 25.3 Å². The van der Waals surface area contributed by atoms with Crippen LogP contribution < -0.4 is 14.8 Å². The number of carbonyl (C=O) groups excluding carboxylic acids is 1. The first-order chi connectivity index (χ1) is 14.2. The minimum absolute atomic E-state index is 0.0326. The number of nitrogens with one attached hydrogen (secondary N) is 2. The van der Waals surface area contributed by atoms with E-state index in [0.717, 1.165) is 6.07 Å². The summed E-state index contributed by atoms with van der Waals surface area (Å²) in [7, 11) is -2.68. The second-order valence-electron chi connectivity index (χ2n) is 6.42. The molecule has 1 atom stereocenters. The second kappa shape index (κ2) is 8.74. The summed E-state index contributed by atoms with van der Waals surface area (Å²) in [6, 6.07) is 6.04. The van der Waals surface area contributed by atoms with Crippen molar-refractivity contribution >= 4 is 21.6 Å². The number of ether oxygens (including phenoxy) is 2. The van der Waals surface area contributed by atoms with E-state index >= 15 is 0 Å². The molecule has 0 bridgehead atoms. The van der Waals surface area contributed by atoms with Gasteiger partial charge in [0.25, 0.3) is 5.91 Å². The molecule has 2 N–H and O–H groups in total. The van der Waals surface area contributed by atoms with Gasteiger partial charge in [0.15, 0.2) is 0 Å². The smallest absolute Gasteiger partial charge is 0.259 e. The van der Waals surface area contributed by atoms with E-state index in [1.807, 2.05) is 0 Å². The SMILES string of the molecule is COc1ccc(S(=O)(=O)N[C@H]2CCOC2)cc1C(=O)Nc1cc(F)c(C#N)cc1F. The first-order valence-corrected chi connectivity index (χ1v) is 10.2. The lowest BCUT2D eigenvalue weighted by Crippen LogP contribution is -2.35. The van der Waals surface area contributed by atoms with Crippen LogP contribution in [-0.4, -0.2) is 40.7 Å². The standard InChI is InChI=1S/C19H17F2N3O5S/c1-28-18-3-2-13(30(26,27)24-12-4-5-29-10-12)7-14(18)19(25)23-17-8-15(20)11(9-22)6-16(17)21/h2-3,6-8,12,24H,4-5,10H2,1H3,(H,23,25)/t12-/m0/s1. The predicted molar refractivity (Wildman–Crippen MR) is 102 cm³/mol. The van der Waals surface area contributed by atoms with Gasteiger partial charge in [0.2, 0.25) is 10.0 Å². The van der Waals surface area contributed by atoms with Crippen LogP contribution in [0.2, 0.25) is 0 Å². The second-order valence-corrected chi connectivity index (χ2v) is 8.14. The zero-order chi connectivity index (χ0) is 21.9. The van der Waals surface area contributed by atoms with Crippen molar-refractivity contribution in [3.63, 3.8) is 0 Å². The van der Waals surface area contributed by atoms with Crippen molar-refractivity contribution in [2.45, 2.75) is 17.4 Å². The normalized spacial score (nSPS) is 16.1. The molecule has 11 heteroatoms. The lowest BCUT2D eigenvalue weighted by Gasteiger charge is -2.14. The van der Waals surface area contributed by atoms with Crippen LogP contribution in [0.1, 0.15) is 22.3 Å². The molecular weight excluding hydrogens is 420 g/mol. The number of hydrogen-bond acceptors (Lipinski definition) is 6. The Morgan fingerprint density at radius 1 is 1.27 bits per heavy atom. The molecule has 2 aromatic rings. The van der Waals surface area contributed by atoms with Gasteiger partial charge in [0.05, 0.1) is 35.4 Å². The summed E-state index contributed by atoms with van der Waals surface area (Å²) in [5.74, 6) is -2.92. The molecule has 1 heterocycles. The van der Waals surface area contributed by atoms with E-state index in [-0.39, 0.29) is 28.9 Å². The Hall–Kier alpha value is -3.07. The number of benzene rings is 2. The minimum Gasteiger partial charge on any atom is -0.496 e. The molecule has 30 heavy (non-hydrogen) atoms. The first kappa shape index (κ1) is 21.6. The van der Waals surface area contributed by atoms with E-state index in [2.05, 4.69) is 10.0 Å². The summed E-state index contributed by atoms with van der Waals surface area (Å²) >= 11 is 0. The van der Waals surface area contributed by atoms with Crippen LogP contribution in [0, 0.1) is 23.0 Å². The Balaban J connectivity index is 1.91. The van der Waals surface area contributed by atoms with Crippen LogP contribution in [0.15, 0.2) is 35.2 Å². The number of carbonyl (C=O) groups is 1. The molecule has 0 radical (unpaired) electrons. The number of anilines is 1. The van der Waals surface area contributed by atoms with Gasteiger partial charge in [-0.25, -0.2) is 21.9 Å². The van der Waals surface area contributed by atoms with Gasteiger partial charge < -0.3 is 14.8 Å². The van der Waals surface area contributed by atoms with Crippen molar-refractivity contribution in [1.29, 1.82) is 5.26 Å². The molecule has 2 aromatic carbocycles.